The Morgan fingerprint density at radius 1 is 0.731 bits per heavy atom. The summed E-state index contributed by atoms with van der Waals surface area (Å²) < 4.78 is 0. The van der Waals surface area contributed by atoms with E-state index in [0.29, 0.717) is 0 Å². The lowest BCUT2D eigenvalue weighted by atomic mass is 9.67. The second-order valence-corrected chi connectivity index (χ2v) is 8.21. The van der Waals surface area contributed by atoms with Crippen LogP contribution in [0.5, 0.6) is 0 Å². The lowest BCUT2D eigenvalue weighted by Crippen LogP contribution is -2.28. The maximum Gasteiger partial charge on any atom is 0.0719 e. The molecule has 1 unspecified atom stereocenters. The highest BCUT2D eigenvalue weighted by Gasteiger charge is 2.52. The molecule has 6 rings (SSSR count). The average Bonchev–Trinajstić information content (AvgIpc) is 3.15. The average molecular weight is 353 g/mol. The van der Waals surface area contributed by atoms with E-state index >= 15 is 0 Å². The zero-order valence-corrected chi connectivity index (χ0v) is 15.5. The van der Waals surface area contributed by atoms with Gasteiger partial charge in [-0.3, -0.25) is 0 Å². The number of fused-ring (bicyclic) bond motifs is 8. The van der Waals surface area contributed by atoms with Crippen molar-refractivity contribution in [2.24, 2.45) is 0 Å². The molecule has 0 bridgehead atoms. The van der Waals surface area contributed by atoms with Gasteiger partial charge in [-0.15, -0.1) is 12.6 Å². The van der Waals surface area contributed by atoms with Crippen LogP contribution in [0.2, 0.25) is 0 Å². The van der Waals surface area contributed by atoms with E-state index in [1.807, 2.05) is 0 Å². The van der Waals surface area contributed by atoms with Gasteiger partial charge in [-0.1, -0.05) is 54.6 Å². The number of hydrogen-bond donors (Lipinski definition) is 1. The summed E-state index contributed by atoms with van der Waals surface area (Å²) in [7, 11) is 0. The first kappa shape index (κ1) is 14.9. The fourth-order valence-electron chi connectivity index (χ4n) is 5.64. The van der Waals surface area contributed by atoms with E-state index in [2.05, 4.69) is 66.8 Å². The van der Waals surface area contributed by atoms with Crippen molar-refractivity contribution in [3.63, 3.8) is 0 Å². The Bertz CT molecular complexity index is 1080. The SMILES string of the molecule is Sc1ccc2c(c1)C1(C3=C(CCC=C3)c3ccccc31)C1=C2CCC=C1. The predicted octanol–water partition coefficient (Wildman–Crippen LogP) is 6.50. The fourth-order valence-corrected chi connectivity index (χ4v) is 5.84. The van der Waals surface area contributed by atoms with E-state index < -0.39 is 0 Å². The lowest BCUT2D eigenvalue weighted by Gasteiger charge is -2.34. The molecule has 126 valence electrons. The highest BCUT2D eigenvalue weighted by molar-refractivity contribution is 7.80. The summed E-state index contributed by atoms with van der Waals surface area (Å²) in [6.45, 7) is 0. The molecule has 0 saturated carbocycles. The summed E-state index contributed by atoms with van der Waals surface area (Å²) in [6.07, 6.45) is 14.1. The molecule has 0 aliphatic heterocycles. The maximum absolute atomic E-state index is 4.71. The Labute approximate surface area is 160 Å². The van der Waals surface area contributed by atoms with Gasteiger partial charge in [-0.25, -0.2) is 0 Å². The summed E-state index contributed by atoms with van der Waals surface area (Å²) in [5.74, 6) is 0. The number of benzene rings is 2. The molecule has 2 aromatic rings. The fraction of sp³-hybridized carbons (Fsp3) is 0.200. The minimum atomic E-state index is -0.136. The van der Waals surface area contributed by atoms with Crippen LogP contribution in [-0.4, -0.2) is 0 Å². The van der Waals surface area contributed by atoms with Crippen molar-refractivity contribution < 1.29 is 0 Å². The van der Waals surface area contributed by atoms with Crippen LogP contribution in [0.25, 0.3) is 11.1 Å². The summed E-state index contributed by atoms with van der Waals surface area (Å²) in [5, 5.41) is 0. The molecule has 0 saturated heterocycles. The lowest BCUT2D eigenvalue weighted by molar-refractivity contribution is 0.765. The quantitative estimate of drug-likeness (QED) is 0.514. The highest BCUT2D eigenvalue weighted by atomic mass is 32.1. The van der Waals surface area contributed by atoms with Crippen molar-refractivity contribution in [2.75, 3.05) is 0 Å². The number of thiol groups is 1. The molecule has 0 aromatic heterocycles. The molecule has 0 nitrogen and oxygen atoms in total. The van der Waals surface area contributed by atoms with Crippen molar-refractivity contribution >= 4 is 23.8 Å². The first-order valence-corrected chi connectivity index (χ1v) is 10.0. The summed E-state index contributed by atoms with van der Waals surface area (Å²) in [4.78, 5) is 1.05. The van der Waals surface area contributed by atoms with E-state index in [-0.39, 0.29) is 5.41 Å². The van der Waals surface area contributed by atoms with Gasteiger partial charge in [0.25, 0.3) is 0 Å². The molecule has 26 heavy (non-hydrogen) atoms. The van der Waals surface area contributed by atoms with Gasteiger partial charge in [0.2, 0.25) is 0 Å². The van der Waals surface area contributed by atoms with Gasteiger partial charge in [-0.2, -0.15) is 0 Å². The van der Waals surface area contributed by atoms with Gasteiger partial charge >= 0.3 is 0 Å². The minimum absolute atomic E-state index is 0.136. The molecular formula is C25H20S. The molecule has 4 aliphatic rings. The van der Waals surface area contributed by atoms with E-state index in [1.54, 1.807) is 11.1 Å². The summed E-state index contributed by atoms with van der Waals surface area (Å²) in [5.41, 5.74) is 11.7. The van der Waals surface area contributed by atoms with Gasteiger partial charge < -0.3 is 0 Å². The molecular weight excluding hydrogens is 332 g/mol. The smallest absolute Gasteiger partial charge is 0.0719 e. The van der Waals surface area contributed by atoms with Crippen molar-refractivity contribution in [3.8, 4) is 0 Å². The standard InChI is InChI=1S/C25H20S/c26-16-13-14-20-19-9-3-6-12-23(19)25(24(20)15-16)21-10-4-1-7-17(21)18-8-2-5-11-22(18)25/h1,4-7,10-15,26H,2-3,8-9H2. The summed E-state index contributed by atoms with van der Waals surface area (Å²) in [6, 6.07) is 15.9. The molecule has 1 atom stereocenters. The van der Waals surface area contributed by atoms with E-state index in [9.17, 15) is 0 Å². The number of hydrogen-bond acceptors (Lipinski definition) is 1. The van der Waals surface area contributed by atoms with E-state index in [0.717, 1.165) is 30.6 Å². The monoisotopic (exact) mass is 352 g/mol. The minimum Gasteiger partial charge on any atom is -0.143 e. The van der Waals surface area contributed by atoms with E-state index in [1.165, 1.54) is 33.4 Å². The highest BCUT2D eigenvalue weighted by Crippen LogP contribution is 2.63. The van der Waals surface area contributed by atoms with Gasteiger partial charge in [0.1, 0.15) is 0 Å². The van der Waals surface area contributed by atoms with Gasteiger partial charge in [0.15, 0.2) is 0 Å². The zero-order chi connectivity index (χ0) is 17.3. The van der Waals surface area contributed by atoms with E-state index in [4.69, 9.17) is 12.6 Å². The molecule has 2 aromatic carbocycles. The third-order valence-corrected chi connectivity index (χ3v) is 6.82. The Balaban J connectivity index is 1.81. The second kappa shape index (κ2) is 5.14. The van der Waals surface area contributed by atoms with Crippen LogP contribution in [-0.2, 0) is 5.41 Å². The Morgan fingerprint density at radius 3 is 2.12 bits per heavy atom. The molecule has 4 aliphatic carbocycles. The molecule has 1 spiro atoms. The third kappa shape index (κ3) is 1.63. The molecule has 0 radical (unpaired) electrons. The van der Waals surface area contributed by atoms with Crippen LogP contribution in [0.4, 0.5) is 0 Å². The second-order valence-electron chi connectivity index (χ2n) is 7.69. The number of rotatable bonds is 0. The number of allylic oxidation sites excluding steroid dienone is 8. The Hall–Kier alpha value is -2.25. The maximum atomic E-state index is 4.71. The molecule has 0 fully saturated rings. The van der Waals surface area contributed by atoms with Crippen LogP contribution in [0.3, 0.4) is 0 Å². The van der Waals surface area contributed by atoms with Crippen LogP contribution in [0.15, 0.2) is 82.8 Å². The van der Waals surface area contributed by atoms with Crippen LogP contribution >= 0.6 is 12.6 Å². The van der Waals surface area contributed by atoms with Crippen LogP contribution < -0.4 is 0 Å². The summed E-state index contributed by atoms with van der Waals surface area (Å²) >= 11 is 4.71. The van der Waals surface area contributed by atoms with Crippen molar-refractivity contribution in [2.45, 2.75) is 36.0 Å². The van der Waals surface area contributed by atoms with Gasteiger partial charge in [0.05, 0.1) is 5.41 Å². The predicted molar refractivity (Wildman–Crippen MR) is 112 cm³/mol. The van der Waals surface area contributed by atoms with Crippen molar-refractivity contribution in [1.82, 2.24) is 0 Å². The van der Waals surface area contributed by atoms with Crippen molar-refractivity contribution in [1.29, 1.82) is 0 Å². The van der Waals surface area contributed by atoms with Gasteiger partial charge in [0, 0.05) is 4.90 Å². The van der Waals surface area contributed by atoms with Crippen molar-refractivity contribution in [3.05, 3.63) is 100 Å². The molecule has 0 heterocycles. The largest absolute Gasteiger partial charge is 0.143 e. The topological polar surface area (TPSA) is 0 Å². The molecule has 1 heteroatoms. The molecule has 0 amide bonds. The molecule has 0 N–H and O–H groups in total. The normalized spacial score (nSPS) is 24.8. The Morgan fingerprint density at radius 2 is 1.38 bits per heavy atom. The first-order valence-electron chi connectivity index (χ1n) is 9.56. The first-order chi connectivity index (χ1) is 12.8. The van der Waals surface area contributed by atoms with Crippen LogP contribution in [0, 0.1) is 0 Å². The van der Waals surface area contributed by atoms with Crippen LogP contribution in [0.1, 0.15) is 47.9 Å². The third-order valence-electron chi connectivity index (χ3n) is 6.54. The zero-order valence-electron chi connectivity index (χ0n) is 14.6. The van der Waals surface area contributed by atoms with Gasteiger partial charge in [-0.05, 0) is 82.4 Å². The Kier molecular flexibility index (Phi) is 2.94.